The van der Waals surface area contributed by atoms with Gasteiger partial charge in [0.2, 0.25) is 0 Å². The minimum atomic E-state index is -0.591. The quantitative estimate of drug-likeness (QED) is 0.160. The Labute approximate surface area is 432 Å². The SMILES string of the molecule is CCc1c(-c2cc(Nc3cnnn3C)c(=O)n(C)c2)ccnc1-n1ncc2cc(C(C)(C)C)cc(F)c2c1=O.Cn1cc(Cl)cc(Br)c1=O.Cn1nncc1N.Cn1nncc1Nc1cc(Br)cn(C)c1=O. The number of fused-ring (bicyclic) bond motifs is 1. The molecule has 0 aliphatic carbocycles. The van der Waals surface area contributed by atoms with Gasteiger partial charge < -0.3 is 30.1 Å². The smallest absolute Gasteiger partial charge is 0.283 e. The van der Waals surface area contributed by atoms with E-state index in [2.05, 4.69) is 83.5 Å². The van der Waals surface area contributed by atoms with E-state index in [9.17, 15) is 19.2 Å². The Balaban J connectivity index is 0.000000206. The lowest BCUT2D eigenvalue weighted by Gasteiger charge is -2.20. The highest BCUT2D eigenvalue weighted by Crippen LogP contribution is 2.30. The van der Waals surface area contributed by atoms with Gasteiger partial charge in [-0.1, -0.05) is 54.9 Å². The molecule has 1 aromatic carbocycles. The van der Waals surface area contributed by atoms with Crippen LogP contribution in [-0.2, 0) is 54.1 Å². The summed E-state index contributed by atoms with van der Waals surface area (Å²) in [5.41, 5.74) is 7.79. The third kappa shape index (κ3) is 12.4. The van der Waals surface area contributed by atoms with Gasteiger partial charge in [0, 0.05) is 88.1 Å². The Bertz CT molecular complexity index is 3620. The molecule has 0 saturated carbocycles. The molecule has 0 atom stereocenters. The monoisotopic (exact) mass is 1130 g/mol. The molecule has 9 rings (SSSR count). The number of hydrogen-bond acceptors (Lipinski definition) is 15. The van der Waals surface area contributed by atoms with Crippen molar-refractivity contribution in [1.82, 2.24) is 73.4 Å². The normalized spacial score (nSPS) is 11.0. The molecule has 0 aliphatic rings. The highest BCUT2D eigenvalue weighted by molar-refractivity contribution is 9.10. The van der Waals surface area contributed by atoms with Crippen LogP contribution in [-0.4, -0.2) is 73.4 Å². The van der Waals surface area contributed by atoms with Gasteiger partial charge in [0.05, 0.1) is 39.7 Å². The van der Waals surface area contributed by atoms with Crippen molar-refractivity contribution >= 4 is 83.1 Å². The van der Waals surface area contributed by atoms with Crippen LogP contribution in [0.1, 0.15) is 38.8 Å². The highest BCUT2D eigenvalue weighted by Gasteiger charge is 2.21. The van der Waals surface area contributed by atoms with E-state index in [1.165, 1.54) is 47.7 Å². The number of hydrogen-bond donors (Lipinski definition) is 3. The maximum Gasteiger partial charge on any atom is 0.283 e. The number of nitrogens with zero attached hydrogens (tertiary/aromatic N) is 15. The molecule has 376 valence electrons. The number of pyridine rings is 4. The van der Waals surface area contributed by atoms with Crippen molar-refractivity contribution in [2.45, 2.75) is 39.5 Å². The molecule has 0 fully saturated rings. The van der Waals surface area contributed by atoms with E-state index in [0.29, 0.717) is 55.9 Å². The lowest BCUT2D eigenvalue weighted by molar-refractivity contribution is 0.576. The van der Waals surface area contributed by atoms with Crippen molar-refractivity contribution in [3.8, 4) is 16.9 Å². The standard InChI is InChI=1S/C28H29FN8O2.C9H10BrN5O.C6H5BrClNO.C3H6N4/c1-7-19-20(17-11-22(26(38)35(5)15-17)33-23-14-31-34-36(23)6)8-9-30-25(19)37-27(39)24-16(13-32-37)10-18(12-21(24)29)28(2,3)4;1-14-5-6(10)3-7(9(14)16)12-8-4-11-13-15(8)2;1-9-3-4(8)2-5(7)6(9)10;1-7-3(4)2-5-6-7/h8-15,33H,7H2,1-6H3;3-5,12H,1-2H3;2-3H,1H3;2H,4H2,1H3. The number of nitrogen functional groups attached to an aromatic ring is 1. The molecular weight excluding hydrogens is 1080 g/mol. The Morgan fingerprint density at radius 3 is 1.79 bits per heavy atom. The summed E-state index contributed by atoms with van der Waals surface area (Å²) in [7, 11) is 10.2. The fraction of sp³-hybridized carbons (Fsp3) is 0.261. The van der Waals surface area contributed by atoms with Crippen LogP contribution >= 0.6 is 43.5 Å². The molecule has 0 radical (unpaired) electrons. The molecule has 0 amide bonds. The zero-order valence-electron chi connectivity index (χ0n) is 40.7. The molecule has 8 aromatic heterocycles. The summed E-state index contributed by atoms with van der Waals surface area (Å²) in [6.45, 7) is 7.90. The molecule has 0 saturated heterocycles. The summed E-state index contributed by atoms with van der Waals surface area (Å²) >= 11 is 12.0. The van der Waals surface area contributed by atoms with Crippen LogP contribution in [0.4, 0.5) is 33.2 Å². The van der Waals surface area contributed by atoms with Gasteiger partial charge in [0.25, 0.3) is 22.2 Å². The lowest BCUT2D eigenvalue weighted by Crippen LogP contribution is -2.25. The molecule has 9 aromatic rings. The van der Waals surface area contributed by atoms with Gasteiger partial charge in [-0.2, -0.15) is 9.78 Å². The Morgan fingerprint density at radius 1 is 0.708 bits per heavy atom. The predicted octanol–water partition coefficient (Wildman–Crippen LogP) is 6.24. The molecule has 0 bridgehead atoms. The zero-order chi connectivity index (χ0) is 52.8. The first-order chi connectivity index (χ1) is 34.0. The minimum Gasteiger partial charge on any atom is -0.383 e. The Kier molecular flexibility index (Phi) is 16.9. The molecule has 72 heavy (non-hydrogen) atoms. The van der Waals surface area contributed by atoms with E-state index in [4.69, 9.17) is 17.3 Å². The van der Waals surface area contributed by atoms with Crippen molar-refractivity contribution in [2.24, 2.45) is 42.3 Å². The van der Waals surface area contributed by atoms with Gasteiger partial charge in [-0.25, -0.2) is 23.4 Å². The largest absolute Gasteiger partial charge is 0.383 e. The maximum atomic E-state index is 15.3. The molecule has 26 heteroatoms. The molecule has 8 heterocycles. The number of nitrogens with two attached hydrogens (primary N) is 1. The van der Waals surface area contributed by atoms with Crippen LogP contribution in [0.5, 0.6) is 0 Å². The van der Waals surface area contributed by atoms with E-state index in [-0.39, 0.29) is 27.5 Å². The molecular formula is C46H50Br2ClFN18O4. The first-order valence-corrected chi connectivity index (χ1v) is 23.6. The predicted molar refractivity (Wildman–Crippen MR) is 282 cm³/mol. The van der Waals surface area contributed by atoms with Crippen molar-refractivity contribution in [1.29, 1.82) is 0 Å². The van der Waals surface area contributed by atoms with E-state index < -0.39 is 11.4 Å². The fourth-order valence-corrected chi connectivity index (χ4v) is 8.27. The summed E-state index contributed by atoms with van der Waals surface area (Å²) in [6.07, 6.45) is 13.1. The number of benzene rings is 1. The van der Waals surface area contributed by atoms with Crippen LogP contribution in [0, 0.1) is 5.82 Å². The average molecular weight is 1130 g/mol. The average Bonchev–Trinajstić information content (AvgIpc) is 4.05. The van der Waals surface area contributed by atoms with Crippen LogP contribution < -0.4 is 38.6 Å². The molecule has 22 nitrogen and oxygen atoms in total. The summed E-state index contributed by atoms with van der Waals surface area (Å²) in [6, 6.07) is 10.1. The van der Waals surface area contributed by atoms with Crippen molar-refractivity contribution in [2.75, 3.05) is 16.4 Å². The molecule has 0 aliphatic heterocycles. The summed E-state index contributed by atoms with van der Waals surface area (Å²) < 4.78 is 26.7. The van der Waals surface area contributed by atoms with Gasteiger partial charge in [-0.3, -0.25) is 19.2 Å². The minimum absolute atomic E-state index is 0.0364. The van der Waals surface area contributed by atoms with Crippen molar-refractivity contribution in [3.05, 3.63) is 158 Å². The number of nitrogens with one attached hydrogen (secondary N) is 2. The van der Waals surface area contributed by atoms with Crippen LogP contribution in [0.25, 0.3) is 27.7 Å². The van der Waals surface area contributed by atoms with Gasteiger partial charge in [0.15, 0.2) is 5.82 Å². The third-order valence-electron chi connectivity index (χ3n) is 10.7. The molecule has 0 spiro atoms. The molecule has 0 unspecified atom stereocenters. The van der Waals surface area contributed by atoms with Gasteiger partial charge >= 0.3 is 0 Å². The summed E-state index contributed by atoms with van der Waals surface area (Å²) in [5.74, 6) is 1.51. The molecule has 4 N–H and O–H groups in total. The van der Waals surface area contributed by atoms with Gasteiger partial charge in [-0.15, -0.1) is 15.3 Å². The number of anilines is 5. The van der Waals surface area contributed by atoms with Crippen molar-refractivity contribution in [3.63, 3.8) is 0 Å². The number of halogens is 4. The maximum absolute atomic E-state index is 15.3. The number of rotatable bonds is 7. The van der Waals surface area contributed by atoms with Gasteiger partial charge in [0.1, 0.15) is 34.6 Å². The topological polar surface area (TPSA) is 256 Å². The first kappa shape index (κ1) is 53.7. The third-order valence-corrected chi connectivity index (χ3v) is 12.0. The zero-order valence-corrected chi connectivity index (χ0v) is 44.6. The Morgan fingerprint density at radius 2 is 1.28 bits per heavy atom. The lowest BCUT2D eigenvalue weighted by atomic mass is 9.86. The van der Waals surface area contributed by atoms with E-state index >= 15 is 4.39 Å². The fourth-order valence-electron chi connectivity index (χ4n) is 6.82. The highest BCUT2D eigenvalue weighted by atomic mass is 79.9. The summed E-state index contributed by atoms with van der Waals surface area (Å²) in [5, 5.41) is 33.7. The van der Waals surface area contributed by atoms with Crippen LogP contribution in [0.3, 0.4) is 0 Å². The van der Waals surface area contributed by atoms with Crippen LogP contribution in [0.15, 0.2) is 114 Å². The van der Waals surface area contributed by atoms with E-state index in [1.54, 1.807) is 102 Å². The second-order valence-electron chi connectivity index (χ2n) is 17.0. The summed E-state index contributed by atoms with van der Waals surface area (Å²) in [4.78, 5) is 53.6. The first-order valence-electron chi connectivity index (χ1n) is 21.6. The van der Waals surface area contributed by atoms with Crippen LogP contribution in [0.2, 0.25) is 5.02 Å². The van der Waals surface area contributed by atoms with E-state index in [1.807, 2.05) is 33.8 Å². The van der Waals surface area contributed by atoms with E-state index in [0.717, 1.165) is 31.4 Å². The number of aryl methyl sites for hydroxylation is 6. The second-order valence-corrected chi connectivity index (χ2v) is 19.2. The van der Waals surface area contributed by atoms with Crippen molar-refractivity contribution < 1.29 is 4.39 Å². The second kappa shape index (κ2) is 22.6. The van der Waals surface area contributed by atoms with Gasteiger partial charge in [-0.05, 0) is 91.2 Å². The Hall–Kier alpha value is -7.64. The number of aromatic nitrogens is 15.